The average Bonchev–Trinajstić information content (AvgIpc) is 3.34. The van der Waals surface area contributed by atoms with Crippen molar-refractivity contribution in [3.63, 3.8) is 0 Å². The van der Waals surface area contributed by atoms with Crippen LogP contribution in [0.2, 0.25) is 0 Å². The first kappa shape index (κ1) is 24.5. The van der Waals surface area contributed by atoms with Gasteiger partial charge in [-0.2, -0.15) is 0 Å². The Hall–Kier alpha value is -4.18. The summed E-state index contributed by atoms with van der Waals surface area (Å²) in [6, 6.07) is 36.3. The largest absolute Gasteiger partial charge is 0.498 e. The maximum atomic E-state index is 6.22. The summed E-state index contributed by atoms with van der Waals surface area (Å²) in [5, 5.41) is 3.20. The molecule has 181 valence electrons. The first-order valence-corrected chi connectivity index (χ1v) is 11.7. The zero-order chi connectivity index (χ0) is 24.3. The van der Waals surface area contributed by atoms with Crippen LogP contribution >= 0.6 is 0 Å². The summed E-state index contributed by atoms with van der Waals surface area (Å²) in [7, 11) is 0. The quantitative estimate of drug-likeness (QED) is 0.178. The maximum absolute atomic E-state index is 6.22. The molecule has 0 aliphatic heterocycles. The molecule has 0 spiro atoms. The maximum Gasteiger partial charge on any atom is 0.147 e. The molecule has 1 radical (unpaired) electrons. The van der Waals surface area contributed by atoms with Crippen LogP contribution in [0.3, 0.4) is 0 Å². The Morgan fingerprint density at radius 1 is 0.649 bits per heavy atom. The van der Waals surface area contributed by atoms with Crippen molar-refractivity contribution in [1.82, 2.24) is 15.0 Å². The Morgan fingerprint density at radius 3 is 2.30 bits per heavy atom. The Morgan fingerprint density at radius 2 is 1.51 bits per heavy atom. The van der Waals surface area contributed by atoms with Crippen molar-refractivity contribution in [2.45, 2.75) is 6.92 Å². The van der Waals surface area contributed by atoms with Gasteiger partial charge < -0.3 is 14.4 Å². The van der Waals surface area contributed by atoms with Crippen molar-refractivity contribution in [3.05, 3.63) is 127 Å². The van der Waals surface area contributed by atoms with Crippen LogP contribution in [-0.4, -0.2) is 15.0 Å². The molecule has 0 saturated carbocycles. The van der Waals surface area contributed by atoms with Crippen LogP contribution in [0.25, 0.3) is 55.4 Å². The third-order valence-electron chi connectivity index (χ3n) is 5.99. The molecule has 0 saturated heterocycles. The molecular formula is C32H21IrN3O-2. The second-order valence-electron chi connectivity index (χ2n) is 8.43. The van der Waals surface area contributed by atoms with E-state index in [0.29, 0.717) is 0 Å². The van der Waals surface area contributed by atoms with E-state index in [2.05, 4.69) is 45.3 Å². The molecule has 0 bridgehead atoms. The Balaban J connectivity index is 0.000000172. The van der Waals surface area contributed by atoms with Crippen molar-refractivity contribution in [2.24, 2.45) is 0 Å². The first-order chi connectivity index (χ1) is 17.8. The summed E-state index contributed by atoms with van der Waals surface area (Å²) in [4.78, 5) is 13.2. The van der Waals surface area contributed by atoms with Crippen LogP contribution in [0.1, 0.15) is 5.56 Å². The molecular weight excluding hydrogens is 635 g/mol. The molecule has 37 heavy (non-hydrogen) atoms. The summed E-state index contributed by atoms with van der Waals surface area (Å²) in [5.74, 6) is 0. The van der Waals surface area contributed by atoms with Crippen LogP contribution in [0.4, 0.5) is 0 Å². The Labute approximate surface area is 228 Å². The van der Waals surface area contributed by atoms with Crippen LogP contribution < -0.4 is 0 Å². The van der Waals surface area contributed by atoms with Gasteiger partial charge in [-0.25, -0.2) is 0 Å². The number of hydrogen-bond donors (Lipinski definition) is 0. The SMILES string of the molecule is Cc1ccc(-c2[c-]cccc2)nc1.[Ir].[c-]1ccc2c(oc3c2ccc2cccnc23)c1-c1ccccn1. The van der Waals surface area contributed by atoms with Gasteiger partial charge in [0.25, 0.3) is 0 Å². The topological polar surface area (TPSA) is 51.8 Å². The van der Waals surface area contributed by atoms with Gasteiger partial charge in [0.2, 0.25) is 0 Å². The number of nitrogens with zero attached hydrogens (tertiary/aromatic N) is 3. The number of benzene rings is 3. The van der Waals surface area contributed by atoms with Gasteiger partial charge in [-0.1, -0.05) is 53.4 Å². The smallest absolute Gasteiger partial charge is 0.147 e. The van der Waals surface area contributed by atoms with Crippen molar-refractivity contribution < 1.29 is 24.5 Å². The Bertz CT molecular complexity index is 1780. The molecule has 3 aromatic carbocycles. The fraction of sp³-hybridized carbons (Fsp3) is 0.0312. The Kier molecular flexibility index (Phi) is 7.18. The molecule has 0 aliphatic rings. The summed E-state index contributed by atoms with van der Waals surface area (Å²) in [5.41, 5.74) is 7.44. The number of furan rings is 1. The molecule has 7 aromatic rings. The number of aryl methyl sites for hydroxylation is 1. The van der Waals surface area contributed by atoms with E-state index in [1.165, 1.54) is 5.56 Å². The molecule has 4 aromatic heterocycles. The van der Waals surface area contributed by atoms with E-state index in [9.17, 15) is 0 Å². The van der Waals surface area contributed by atoms with E-state index in [0.717, 1.165) is 55.4 Å². The first-order valence-electron chi connectivity index (χ1n) is 11.7. The molecule has 0 unspecified atom stereocenters. The van der Waals surface area contributed by atoms with Crippen molar-refractivity contribution >= 4 is 32.8 Å². The fourth-order valence-corrected chi connectivity index (χ4v) is 4.22. The van der Waals surface area contributed by atoms with Gasteiger partial charge in [0.15, 0.2) is 0 Å². The van der Waals surface area contributed by atoms with Gasteiger partial charge in [-0.05, 0) is 36.0 Å². The monoisotopic (exact) mass is 656 g/mol. The number of rotatable bonds is 2. The van der Waals surface area contributed by atoms with Gasteiger partial charge in [-0.15, -0.1) is 54.1 Å². The van der Waals surface area contributed by atoms with Crippen molar-refractivity contribution in [1.29, 1.82) is 0 Å². The van der Waals surface area contributed by atoms with Crippen molar-refractivity contribution in [3.8, 4) is 22.5 Å². The molecule has 0 amide bonds. The van der Waals surface area contributed by atoms with Crippen LogP contribution in [0.5, 0.6) is 0 Å². The van der Waals surface area contributed by atoms with Gasteiger partial charge in [0.05, 0.1) is 5.58 Å². The summed E-state index contributed by atoms with van der Waals surface area (Å²) in [6.07, 6.45) is 5.44. The second kappa shape index (κ2) is 10.8. The molecule has 7 rings (SSSR count). The summed E-state index contributed by atoms with van der Waals surface area (Å²) < 4.78 is 6.22. The van der Waals surface area contributed by atoms with Gasteiger partial charge >= 0.3 is 0 Å². The number of pyridine rings is 3. The van der Waals surface area contributed by atoms with E-state index in [4.69, 9.17) is 4.42 Å². The summed E-state index contributed by atoms with van der Waals surface area (Å²) in [6.45, 7) is 2.03. The van der Waals surface area contributed by atoms with E-state index in [1.807, 2.05) is 85.9 Å². The van der Waals surface area contributed by atoms with Crippen LogP contribution in [0.15, 0.2) is 114 Å². The van der Waals surface area contributed by atoms with Gasteiger partial charge in [0.1, 0.15) is 11.1 Å². The second-order valence-corrected chi connectivity index (χ2v) is 8.43. The normalized spacial score (nSPS) is 10.6. The number of hydrogen-bond acceptors (Lipinski definition) is 4. The third kappa shape index (κ3) is 4.92. The minimum absolute atomic E-state index is 0. The molecule has 0 N–H and O–H groups in total. The van der Waals surface area contributed by atoms with Gasteiger partial charge in [0, 0.05) is 49.5 Å². The van der Waals surface area contributed by atoms with Gasteiger partial charge in [-0.3, -0.25) is 4.98 Å². The number of aromatic nitrogens is 3. The van der Waals surface area contributed by atoms with Crippen LogP contribution in [-0.2, 0) is 20.1 Å². The fourth-order valence-electron chi connectivity index (χ4n) is 4.22. The molecule has 0 aliphatic carbocycles. The zero-order valence-corrected chi connectivity index (χ0v) is 22.4. The number of fused-ring (bicyclic) bond motifs is 5. The average molecular weight is 656 g/mol. The van der Waals surface area contributed by atoms with E-state index < -0.39 is 0 Å². The molecule has 0 atom stereocenters. The predicted octanol–water partition coefficient (Wildman–Crippen LogP) is 7.85. The minimum atomic E-state index is 0. The third-order valence-corrected chi connectivity index (χ3v) is 5.99. The van der Waals surface area contributed by atoms with E-state index in [-0.39, 0.29) is 20.1 Å². The van der Waals surface area contributed by atoms with Crippen molar-refractivity contribution in [2.75, 3.05) is 0 Å². The molecule has 5 heteroatoms. The van der Waals surface area contributed by atoms with Crippen LogP contribution in [0, 0.1) is 19.1 Å². The zero-order valence-electron chi connectivity index (χ0n) is 20.0. The molecule has 4 heterocycles. The summed E-state index contributed by atoms with van der Waals surface area (Å²) >= 11 is 0. The predicted molar refractivity (Wildman–Crippen MR) is 144 cm³/mol. The standard InChI is InChI=1S/C20H11N2O.C12H10N.Ir/c1-2-11-21-17(8-1)16-7-3-6-14-15-10-9-13-5-4-12-22-18(13)20(15)23-19(14)16;1-10-7-8-12(13-9-10)11-5-3-2-4-6-11;/h1-6,8-12H;2-5,7-9H,1H3;/q2*-1;. The molecule has 0 fully saturated rings. The minimum Gasteiger partial charge on any atom is -0.498 e. The van der Waals surface area contributed by atoms with E-state index in [1.54, 1.807) is 12.4 Å². The van der Waals surface area contributed by atoms with E-state index >= 15 is 0 Å². The molecule has 4 nitrogen and oxygen atoms in total.